The van der Waals surface area contributed by atoms with Gasteiger partial charge in [-0.3, -0.25) is 9.59 Å². The Kier molecular flexibility index (Phi) is 1.84. The van der Waals surface area contributed by atoms with Gasteiger partial charge in [0.1, 0.15) is 5.76 Å². The third kappa shape index (κ3) is 1.09. The van der Waals surface area contributed by atoms with Gasteiger partial charge in [0.15, 0.2) is 5.82 Å². The van der Waals surface area contributed by atoms with E-state index in [0.717, 1.165) is 19.3 Å². The van der Waals surface area contributed by atoms with Crippen LogP contribution in [0.1, 0.15) is 25.0 Å². The Morgan fingerprint density at radius 2 is 1.83 bits per heavy atom. The van der Waals surface area contributed by atoms with Crippen molar-refractivity contribution in [2.24, 2.45) is 23.7 Å². The Morgan fingerprint density at radius 1 is 1.22 bits per heavy atom. The predicted molar refractivity (Wildman–Crippen MR) is 61.5 cm³/mol. The molecule has 1 aromatic rings. The average molecular weight is 246 g/mol. The molecule has 2 saturated carbocycles. The number of aromatic nitrogens is 1. The standard InChI is InChI=1S/C13H14N2O3/c1-6-4-9(14-18-6)15-12(16)10-7-2-3-8(5-7)11(10)13(15)17/h4,7-8,10-11H,2-3,5H2,1H3/t7-,8-,10-,11+/m1/s1. The summed E-state index contributed by atoms with van der Waals surface area (Å²) >= 11 is 0. The van der Waals surface area contributed by atoms with Gasteiger partial charge in [-0.15, -0.1) is 0 Å². The topological polar surface area (TPSA) is 63.4 Å². The molecule has 3 fully saturated rings. The van der Waals surface area contributed by atoms with Crippen LogP contribution in [-0.2, 0) is 9.59 Å². The molecule has 2 aliphatic carbocycles. The molecule has 2 amide bonds. The second-order valence-corrected chi connectivity index (χ2v) is 5.69. The first-order valence-corrected chi connectivity index (χ1v) is 6.48. The highest BCUT2D eigenvalue weighted by atomic mass is 16.5. The van der Waals surface area contributed by atoms with E-state index in [1.807, 2.05) is 0 Å². The minimum absolute atomic E-state index is 0.0644. The van der Waals surface area contributed by atoms with Crippen molar-refractivity contribution < 1.29 is 14.1 Å². The van der Waals surface area contributed by atoms with Gasteiger partial charge >= 0.3 is 0 Å². The first kappa shape index (κ1) is 10.3. The van der Waals surface area contributed by atoms with E-state index in [2.05, 4.69) is 5.16 Å². The van der Waals surface area contributed by atoms with Gasteiger partial charge < -0.3 is 4.52 Å². The molecule has 2 heterocycles. The van der Waals surface area contributed by atoms with E-state index < -0.39 is 0 Å². The molecule has 0 unspecified atom stereocenters. The van der Waals surface area contributed by atoms with Gasteiger partial charge in [-0.2, -0.15) is 0 Å². The number of aryl methyl sites for hydroxylation is 1. The quantitative estimate of drug-likeness (QED) is 0.705. The molecule has 18 heavy (non-hydrogen) atoms. The Bertz CT molecular complexity index is 522. The number of nitrogens with zero attached hydrogens (tertiary/aromatic N) is 2. The van der Waals surface area contributed by atoms with Crippen LogP contribution in [-0.4, -0.2) is 17.0 Å². The summed E-state index contributed by atoms with van der Waals surface area (Å²) in [6.07, 6.45) is 3.24. The first-order chi connectivity index (χ1) is 8.66. The van der Waals surface area contributed by atoms with Crippen LogP contribution < -0.4 is 4.90 Å². The molecule has 0 radical (unpaired) electrons. The van der Waals surface area contributed by atoms with E-state index in [-0.39, 0.29) is 23.7 Å². The minimum atomic E-state index is -0.0896. The number of anilines is 1. The number of hydrogen-bond acceptors (Lipinski definition) is 4. The van der Waals surface area contributed by atoms with Crippen LogP contribution in [0.5, 0.6) is 0 Å². The molecule has 1 aromatic heterocycles. The van der Waals surface area contributed by atoms with Crippen molar-refractivity contribution in [2.45, 2.75) is 26.2 Å². The van der Waals surface area contributed by atoms with Gasteiger partial charge in [0, 0.05) is 6.07 Å². The van der Waals surface area contributed by atoms with Crippen LogP contribution in [0.25, 0.3) is 0 Å². The fourth-order valence-corrected chi connectivity index (χ4v) is 4.09. The van der Waals surface area contributed by atoms with E-state index in [9.17, 15) is 9.59 Å². The lowest BCUT2D eigenvalue weighted by molar-refractivity contribution is -0.123. The SMILES string of the molecule is Cc1cc(N2C(=O)[C@@H]3[C@@H]4CC[C@H](C4)[C@@H]3C2=O)no1. The molecule has 1 aliphatic heterocycles. The van der Waals surface area contributed by atoms with Crippen molar-refractivity contribution in [1.82, 2.24) is 5.16 Å². The molecular weight excluding hydrogens is 232 g/mol. The minimum Gasteiger partial charge on any atom is -0.360 e. The van der Waals surface area contributed by atoms with Crippen LogP contribution in [0, 0.1) is 30.6 Å². The largest absolute Gasteiger partial charge is 0.360 e. The molecule has 3 aliphatic rings. The van der Waals surface area contributed by atoms with Gasteiger partial charge in [0.2, 0.25) is 11.8 Å². The normalized spacial score (nSPS) is 37.7. The van der Waals surface area contributed by atoms with Crippen LogP contribution >= 0.6 is 0 Å². The highest BCUT2D eigenvalue weighted by molar-refractivity contribution is 6.22. The maximum absolute atomic E-state index is 12.4. The highest BCUT2D eigenvalue weighted by Crippen LogP contribution is 2.56. The molecule has 5 heteroatoms. The Morgan fingerprint density at radius 3 is 2.33 bits per heavy atom. The van der Waals surface area contributed by atoms with E-state index in [1.54, 1.807) is 13.0 Å². The fourth-order valence-electron chi connectivity index (χ4n) is 4.09. The summed E-state index contributed by atoms with van der Waals surface area (Å²) < 4.78 is 4.97. The zero-order valence-corrected chi connectivity index (χ0v) is 10.1. The maximum Gasteiger partial charge on any atom is 0.239 e. The molecular formula is C13H14N2O3. The van der Waals surface area contributed by atoms with Crippen molar-refractivity contribution in [3.05, 3.63) is 11.8 Å². The summed E-state index contributed by atoms with van der Waals surface area (Å²) in [5, 5.41) is 3.81. The molecule has 4 rings (SSSR count). The van der Waals surface area contributed by atoms with Crippen molar-refractivity contribution in [3.8, 4) is 0 Å². The molecule has 4 atom stereocenters. The van der Waals surface area contributed by atoms with Gasteiger partial charge in [0.25, 0.3) is 0 Å². The molecule has 0 aromatic carbocycles. The monoisotopic (exact) mass is 246 g/mol. The number of hydrogen-bond donors (Lipinski definition) is 0. The number of fused-ring (bicyclic) bond motifs is 5. The van der Waals surface area contributed by atoms with Crippen molar-refractivity contribution in [1.29, 1.82) is 0 Å². The third-order valence-corrected chi connectivity index (χ3v) is 4.77. The van der Waals surface area contributed by atoms with Crippen molar-refractivity contribution >= 4 is 17.6 Å². The lowest BCUT2D eigenvalue weighted by Crippen LogP contribution is -2.32. The van der Waals surface area contributed by atoms with Crippen molar-refractivity contribution in [2.75, 3.05) is 4.90 Å². The fraction of sp³-hybridized carbons (Fsp3) is 0.615. The van der Waals surface area contributed by atoms with E-state index in [0.29, 0.717) is 23.4 Å². The summed E-state index contributed by atoms with van der Waals surface area (Å²) in [7, 11) is 0. The van der Waals surface area contributed by atoms with Gasteiger partial charge in [-0.25, -0.2) is 4.90 Å². The van der Waals surface area contributed by atoms with E-state index in [4.69, 9.17) is 4.52 Å². The summed E-state index contributed by atoms with van der Waals surface area (Å²) in [5.74, 6) is 1.49. The van der Waals surface area contributed by atoms with Crippen molar-refractivity contribution in [3.63, 3.8) is 0 Å². The molecule has 0 spiro atoms. The summed E-state index contributed by atoms with van der Waals surface area (Å²) in [5.41, 5.74) is 0. The first-order valence-electron chi connectivity index (χ1n) is 6.48. The molecule has 94 valence electrons. The number of amides is 2. The predicted octanol–water partition coefficient (Wildman–Crippen LogP) is 1.52. The summed E-state index contributed by atoms with van der Waals surface area (Å²) in [4.78, 5) is 26.1. The smallest absolute Gasteiger partial charge is 0.239 e. The third-order valence-electron chi connectivity index (χ3n) is 4.77. The Hall–Kier alpha value is -1.65. The zero-order valence-electron chi connectivity index (χ0n) is 10.1. The van der Waals surface area contributed by atoms with Gasteiger partial charge in [-0.1, -0.05) is 5.16 Å². The lowest BCUT2D eigenvalue weighted by Gasteiger charge is -2.19. The van der Waals surface area contributed by atoms with Crippen LogP contribution in [0.2, 0.25) is 0 Å². The van der Waals surface area contributed by atoms with Crippen LogP contribution in [0.15, 0.2) is 10.6 Å². The summed E-state index contributed by atoms with van der Waals surface area (Å²) in [6.45, 7) is 1.76. The second-order valence-electron chi connectivity index (χ2n) is 5.69. The lowest BCUT2D eigenvalue weighted by atomic mass is 9.81. The average Bonchev–Trinajstić information content (AvgIpc) is 3.05. The second kappa shape index (κ2) is 3.22. The van der Waals surface area contributed by atoms with Crippen LogP contribution in [0.4, 0.5) is 5.82 Å². The molecule has 2 bridgehead atoms. The van der Waals surface area contributed by atoms with E-state index >= 15 is 0 Å². The van der Waals surface area contributed by atoms with Crippen LogP contribution in [0.3, 0.4) is 0 Å². The Balaban J connectivity index is 1.75. The van der Waals surface area contributed by atoms with E-state index in [1.165, 1.54) is 4.90 Å². The highest BCUT2D eigenvalue weighted by Gasteiger charge is 2.61. The maximum atomic E-state index is 12.4. The summed E-state index contributed by atoms with van der Waals surface area (Å²) in [6, 6.07) is 1.65. The molecule has 0 N–H and O–H groups in total. The van der Waals surface area contributed by atoms with Gasteiger partial charge in [-0.05, 0) is 38.0 Å². The Labute approximate surface area is 104 Å². The molecule has 1 saturated heterocycles. The zero-order chi connectivity index (χ0) is 12.4. The number of imide groups is 1. The number of rotatable bonds is 1. The number of carbonyl (C=O) groups excluding carboxylic acids is 2. The molecule has 5 nitrogen and oxygen atoms in total. The number of carbonyl (C=O) groups is 2. The van der Waals surface area contributed by atoms with Gasteiger partial charge in [0.05, 0.1) is 11.8 Å².